The van der Waals surface area contributed by atoms with Crippen LogP contribution in [0.4, 0.5) is 5.69 Å². The summed E-state index contributed by atoms with van der Waals surface area (Å²) in [6.07, 6.45) is 0.667. The molecule has 0 aliphatic carbocycles. The van der Waals surface area contributed by atoms with Crippen LogP contribution in [0.3, 0.4) is 0 Å². The summed E-state index contributed by atoms with van der Waals surface area (Å²) in [5, 5.41) is 8.90. The molecule has 0 saturated heterocycles. The number of aromatic nitrogens is 3. The Labute approximate surface area is 147 Å². The van der Waals surface area contributed by atoms with E-state index in [2.05, 4.69) is 53.2 Å². The number of hydrogen-bond donors (Lipinski definition) is 1. The predicted molar refractivity (Wildman–Crippen MR) is 99.1 cm³/mol. The molecule has 6 nitrogen and oxygen atoms in total. The van der Waals surface area contributed by atoms with E-state index in [-0.39, 0.29) is 11.2 Å². The summed E-state index contributed by atoms with van der Waals surface area (Å²) >= 11 is 1.36. The van der Waals surface area contributed by atoms with E-state index in [1.54, 1.807) is 0 Å². The van der Waals surface area contributed by atoms with Crippen LogP contribution < -0.4 is 10.6 Å². The minimum Gasteiger partial charge on any atom is -0.372 e. The number of thioether (sulfide) groups is 1. The van der Waals surface area contributed by atoms with Crippen LogP contribution in [0, 0.1) is 0 Å². The zero-order valence-corrected chi connectivity index (χ0v) is 15.5. The summed E-state index contributed by atoms with van der Waals surface area (Å²) in [6.45, 7) is 8.18. The van der Waals surface area contributed by atoms with Gasteiger partial charge in [-0.15, -0.1) is 10.2 Å². The number of carbonyl (C=O) groups is 1. The molecule has 0 spiro atoms. The summed E-state index contributed by atoms with van der Waals surface area (Å²) in [7, 11) is 1.91. The number of anilines is 1. The molecule has 0 unspecified atom stereocenters. The average Bonchev–Trinajstić information content (AvgIpc) is 2.94. The molecule has 2 rings (SSSR count). The number of nitrogens with zero attached hydrogens (tertiary/aromatic N) is 4. The fraction of sp³-hybridized carbons (Fsp3) is 0.471. The second-order valence-electron chi connectivity index (χ2n) is 5.50. The average molecular weight is 347 g/mol. The standard InChI is InChI=1S/C17H25N5OS/c1-5-14(15(18)23)24-17-20-19-16(21(17)4)12-8-10-13(11-9-12)22(6-2)7-3/h8-11,14H,5-7H2,1-4H3,(H2,18,23)/t14-/m0/s1. The van der Waals surface area contributed by atoms with Crippen LogP contribution in [0.1, 0.15) is 27.2 Å². The summed E-state index contributed by atoms with van der Waals surface area (Å²) in [5.74, 6) is 0.457. The highest BCUT2D eigenvalue weighted by molar-refractivity contribution is 8.00. The van der Waals surface area contributed by atoms with Gasteiger partial charge in [-0.3, -0.25) is 4.79 Å². The maximum absolute atomic E-state index is 11.4. The molecule has 1 aromatic heterocycles. The van der Waals surface area contributed by atoms with E-state index in [1.165, 1.54) is 17.4 Å². The Balaban J connectivity index is 2.23. The van der Waals surface area contributed by atoms with Crippen LogP contribution in [-0.2, 0) is 11.8 Å². The number of primary amides is 1. The van der Waals surface area contributed by atoms with Gasteiger partial charge in [0.15, 0.2) is 11.0 Å². The fourth-order valence-corrected chi connectivity index (χ4v) is 3.42. The van der Waals surface area contributed by atoms with E-state index >= 15 is 0 Å². The normalized spacial score (nSPS) is 12.2. The van der Waals surface area contributed by atoms with E-state index in [1.807, 2.05) is 18.5 Å². The van der Waals surface area contributed by atoms with Crippen molar-refractivity contribution in [1.29, 1.82) is 0 Å². The highest BCUT2D eigenvalue weighted by Crippen LogP contribution is 2.28. The molecule has 130 valence electrons. The van der Waals surface area contributed by atoms with Crippen molar-refractivity contribution in [2.45, 2.75) is 37.6 Å². The first-order chi connectivity index (χ1) is 11.5. The van der Waals surface area contributed by atoms with Crippen LogP contribution >= 0.6 is 11.8 Å². The molecule has 0 fully saturated rings. The van der Waals surface area contributed by atoms with Crippen molar-refractivity contribution in [2.24, 2.45) is 12.8 Å². The predicted octanol–water partition coefficient (Wildman–Crippen LogP) is 2.68. The first-order valence-corrected chi connectivity index (χ1v) is 9.10. The van der Waals surface area contributed by atoms with Gasteiger partial charge in [0.25, 0.3) is 0 Å². The van der Waals surface area contributed by atoms with Crippen LogP contribution in [0.5, 0.6) is 0 Å². The van der Waals surface area contributed by atoms with Gasteiger partial charge >= 0.3 is 0 Å². The van der Waals surface area contributed by atoms with E-state index in [9.17, 15) is 4.79 Å². The van der Waals surface area contributed by atoms with Gasteiger partial charge in [-0.25, -0.2) is 0 Å². The molecular formula is C17H25N5OS. The van der Waals surface area contributed by atoms with Gasteiger partial charge in [-0.2, -0.15) is 0 Å². The molecule has 2 aromatic rings. The summed E-state index contributed by atoms with van der Waals surface area (Å²) in [5.41, 5.74) is 7.61. The largest absolute Gasteiger partial charge is 0.372 e. The van der Waals surface area contributed by atoms with E-state index in [0.717, 1.165) is 24.5 Å². The van der Waals surface area contributed by atoms with Crippen LogP contribution in [0.15, 0.2) is 29.4 Å². The highest BCUT2D eigenvalue weighted by Gasteiger charge is 2.19. The molecule has 2 N–H and O–H groups in total. The Kier molecular flexibility index (Phi) is 6.25. The topological polar surface area (TPSA) is 77.0 Å². The smallest absolute Gasteiger partial charge is 0.231 e. The summed E-state index contributed by atoms with van der Waals surface area (Å²) in [4.78, 5) is 13.7. The minimum atomic E-state index is -0.323. The van der Waals surface area contributed by atoms with Gasteiger partial charge in [0, 0.05) is 31.4 Å². The molecule has 24 heavy (non-hydrogen) atoms. The fourth-order valence-electron chi connectivity index (χ4n) is 2.55. The second-order valence-corrected chi connectivity index (χ2v) is 6.67. The van der Waals surface area contributed by atoms with Crippen molar-refractivity contribution in [1.82, 2.24) is 14.8 Å². The lowest BCUT2D eigenvalue weighted by Gasteiger charge is -2.21. The Morgan fingerprint density at radius 2 is 1.83 bits per heavy atom. The van der Waals surface area contributed by atoms with Gasteiger partial charge in [0.2, 0.25) is 5.91 Å². The number of hydrogen-bond acceptors (Lipinski definition) is 5. The highest BCUT2D eigenvalue weighted by atomic mass is 32.2. The summed E-state index contributed by atoms with van der Waals surface area (Å²) in [6, 6.07) is 8.30. The van der Waals surface area contributed by atoms with Crippen LogP contribution in [0.2, 0.25) is 0 Å². The van der Waals surface area contributed by atoms with Crippen LogP contribution in [-0.4, -0.2) is 39.0 Å². The maximum Gasteiger partial charge on any atom is 0.231 e. The first kappa shape index (κ1) is 18.3. The van der Waals surface area contributed by atoms with Gasteiger partial charge < -0.3 is 15.2 Å². The minimum absolute atomic E-state index is 0.286. The quantitative estimate of drug-likeness (QED) is 0.743. The third-order valence-electron chi connectivity index (χ3n) is 4.02. The first-order valence-electron chi connectivity index (χ1n) is 8.22. The number of nitrogens with two attached hydrogens (primary N) is 1. The van der Waals surface area contributed by atoms with Crippen molar-refractivity contribution in [3.8, 4) is 11.4 Å². The number of benzene rings is 1. The maximum atomic E-state index is 11.4. The third-order valence-corrected chi connectivity index (χ3v) is 5.44. The van der Waals surface area contributed by atoms with Crippen molar-refractivity contribution < 1.29 is 4.79 Å². The van der Waals surface area contributed by atoms with Crippen molar-refractivity contribution in [3.05, 3.63) is 24.3 Å². The molecule has 1 atom stereocenters. The monoisotopic (exact) mass is 347 g/mol. The van der Waals surface area contributed by atoms with Crippen molar-refractivity contribution in [3.63, 3.8) is 0 Å². The Hall–Kier alpha value is -2.02. The number of rotatable bonds is 8. The SMILES string of the molecule is CC[C@H](Sc1nnc(-c2ccc(N(CC)CC)cc2)n1C)C(N)=O. The van der Waals surface area contributed by atoms with Crippen molar-refractivity contribution >= 4 is 23.4 Å². The molecule has 0 aliphatic rings. The molecular weight excluding hydrogens is 322 g/mol. The lowest BCUT2D eigenvalue weighted by Crippen LogP contribution is -2.25. The van der Waals surface area contributed by atoms with E-state index < -0.39 is 0 Å². The Morgan fingerprint density at radius 1 is 1.21 bits per heavy atom. The van der Waals surface area contributed by atoms with Gasteiger partial charge in [0.1, 0.15) is 0 Å². The lowest BCUT2D eigenvalue weighted by atomic mass is 10.2. The van der Waals surface area contributed by atoms with Gasteiger partial charge in [0.05, 0.1) is 5.25 Å². The lowest BCUT2D eigenvalue weighted by molar-refractivity contribution is -0.117. The van der Waals surface area contributed by atoms with Crippen LogP contribution in [0.25, 0.3) is 11.4 Å². The molecule has 1 heterocycles. The Morgan fingerprint density at radius 3 is 2.33 bits per heavy atom. The molecule has 1 aromatic carbocycles. The molecule has 0 radical (unpaired) electrons. The van der Waals surface area contributed by atoms with E-state index in [4.69, 9.17) is 5.73 Å². The van der Waals surface area contributed by atoms with Gasteiger partial charge in [-0.1, -0.05) is 18.7 Å². The molecule has 7 heteroatoms. The van der Waals surface area contributed by atoms with Gasteiger partial charge in [-0.05, 0) is 44.5 Å². The molecule has 1 amide bonds. The number of carbonyl (C=O) groups excluding carboxylic acids is 1. The Bertz CT molecular complexity index is 679. The zero-order valence-electron chi connectivity index (χ0n) is 14.7. The zero-order chi connectivity index (χ0) is 17.7. The third kappa shape index (κ3) is 3.90. The molecule has 0 bridgehead atoms. The molecule has 0 saturated carbocycles. The summed E-state index contributed by atoms with van der Waals surface area (Å²) < 4.78 is 1.91. The van der Waals surface area contributed by atoms with E-state index in [0.29, 0.717) is 11.6 Å². The second kappa shape index (κ2) is 8.19. The number of amides is 1. The molecule has 0 aliphatic heterocycles. The van der Waals surface area contributed by atoms with Crippen molar-refractivity contribution in [2.75, 3.05) is 18.0 Å².